The van der Waals surface area contributed by atoms with E-state index in [1.54, 1.807) is 6.07 Å². The number of aromatic hydroxyl groups is 1. The van der Waals surface area contributed by atoms with Crippen molar-refractivity contribution in [1.82, 2.24) is 5.32 Å². The van der Waals surface area contributed by atoms with E-state index in [0.717, 1.165) is 41.5 Å². The number of hydrogen-bond donors (Lipinski definition) is 3. The number of fused-ring (bicyclic) bond motifs is 2. The van der Waals surface area contributed by atoms with Crippen LogP contribution in [0.15, 0.2) is 42.0 Å². The van der Waals surface area contributed by atoms with E-state index in [4.69, 9.17) is 4.74 Å². The van der Waals surface area contributed by atoms with Crippen molar-refractivity contribution < 1.29 is 24.1 Å². The van der Waals surface area contributed by atoms with Gasteiger partial charge in [-0.15, -0.1) is 0 Å². The largest absolute Gasteiger partial charge is 0.507 e. The lowest BCUT2D eigenvalue weighted by Crippen LogP contribution is -2.48. The third-order valence-corrected chi connectivity index (χ3v) is 6.86. The Morgan fingerprint density at radius 2 is 2.00 bits per heavy atom. The maximum absolute atomic E-state index is 13.1. The van der Waals surface area contributed by atoms with Crippen molar-refractivity contribution in [3.8, 4) is 11.5 Å². The van der Waals surface area contributed by atoms with Crippen LogP contribution in [0, 0.1) is 5.82 Å². The Morgan fingerprint density at radius 1 is 1.27 bits per heavy atom. The van der Waals surface area contributed by atoms with Gasteiger partial charge in [0, 0.05) is 6.54 Å². The molecule has 0 bridgehead atoms. The van der Waals surface area contributed by atoms with Crippen molar-refractivity contribution in [2.45, 2.75) is 64.0 Å². The molecule has 2 unspecified atom stereocenters. The summed E-state index contributed by atoms with van der Waals surface area (Å²) in [7, 11) is 0. The van der Waals surface area contributed by atoms with E-state index in [1.807, 2.05) is 32.0 Å². The van der Waals surface area contributed by atoms with Gasteiger partial charge >= 0.3 is 0 Å². The Balaban J connectivity index is 1.60. The molecule has 0 radical (unpaired) electrons. The fraction of sp³-hybridized carbons (Fsp3) is 0.444. The lowest BCUT2D eigenvalue weighted by atomic mass is 9.77. The first-order valence-corrected chi connectivity index (χ1v) is 11.6. The van der Waals surface area contributed by atoms with Crippen LogP contribution in [0.4, 0.5) is 4.39 Å². The minimum absolute atomic E-state index is 0.0929. The molecule has 2 aliphatic heterocycles. The number of aryl methyl sites for hydroxylation is 1. The van der Waals surface area contributed by atoms with Gasteiger partial charge in [-0.05, 0) is 92.0 Å². The number of phenolic OH excluding ortho intramolecular Hbond substituents is 1. The number of Topliss-reactive ketones (excluding diaryl/α,β-unsaturated/α-hetero) is 1. The second kappa shape index (κ2) is 9.27. The highest BCUT2D eigenvalue weighted by atomic mass is 19.1. The molecule has 33 heavy (non-hydrogen) atoms. The first-order chi connectivity index (χ1) is 15.7. The van der Waals surface area contributed by atoms with Crippen LogP contribution in [0.25, 0.3) is 5.57 Å². The summed E-state index contributed by atoms with van der Waals surface area (Å²) in [4.78, 5) is 12.5. The van der Waals surface area contributed by atoms with Gasteiger partial charge in [0.05, 0.1) is 11.6 Å². The Morgan fingerprint density at radius 3 is 2.70 bits per heavy atom. The number of nitrogens with one attached hydrogen (secondary N) is 1. The van der Waals surface area contributed by atoms with Crippen molar-refractivity contribution in [1.29, 1.82) is 0 Å². The smallest absolute Gasteiger partial charge is 0.179 e. The lowest BCUT2D eigenvalue weighted by Gasteiger charge is -2.42. The maximum atomic E-state index is 13.1. The van der Waals surface area contributed by atoms with Gasteiger partial charge in [-0.2, -0.15) is 0 Å². The van der Waals surface area contributed by atoms with E-state index >= 15 is 0 Å². The summed E-state index contributed by atoms with van der Waals surface area (Å²) < 4.78 is 19.5. The lowest BCUT2D eigenvalue weighted by molar-refractivity contribution is -0.122. The van der Waals surface area contributed by atoms with Gasteiger partial charge in [0.25, 0.3) is 0 Å². The SMILES string of the molecule is CC(CCCc1ccc(F)cc1)c1cc(O)c2c(c1)OC(C)(C)C1=C2C(C(=O)CO)NCC1. The highest BCUT2D eigenvalue weighted by Crippen LogP contribution is 2.49. The number of aliphatic hydroxyl groups is 1. The van der Waals surface area contributed by atoms with Crippen LogP contribution < -0.4 is 10.1 Å². The fourth-order valence-corrected chi connectivity index (χ4v) is 5.06. The van der Waals surface area contributed by atoms with Crippen LogP contribution in [0.2, 0.25) is 0 Å². The predicted octanol–water partition coefficient (Wildman–Crippen LogP) is 4.51. The minimum Gasteiger partial charge on any atom is -0.507 e. The summed E-state index contributed by atoms with van der Waals surface area (Å²) >= 11 is 0. The molecule has 0 aromatic heterocycles. The average Bonchev–Trinajstić information content (AvgIpc) is 2.78. The van der Waals surface area contributed by atoms with Crippen molar-refractivity contribution in [2.75, 3.05) is 13.2 Å². The third kappa shape index (κ3) is 4.68. The molecule has 2 atom stereocenters. The summed E-state index contributed by atoms with van der Waals surface area (Å²) in [5.41, 5.74) is 3.72. The summed E-state index contributed by atoms with van der Waals surface area (Å²) in [5.74, 6) is 0.300. The summed E-state index contributed by atoms with van der Waals surface area (Å²) in [6.07, 6.45) is 3.40. The van der Waals surface area contributed by atoms with Crippen molar-refractivity contribution in [2.24, 2.45) is 0 Å². The van der Waals surface area contributed by atoms with Crippen LogP contribution in [0.3, 0.4) is 0 Å². The Hall–Kier alpha value is -2.70. The number of phenols is 1. The van der Waals surface area contributed by atoms with Gasteiger partial charge in [0.15, 0.2) is 5.78 Å². The zero-order chi connectivity index (χ0) is 23.8. The molecule has 2 aliphatic rings. The number of ether oxygens (including phenoxy) is 1. The standard InChI is InChI=1S/C27H32FNO4/c1-16(5-4-6-17-7-9-19(28)10-8-17)18-13-21(31)25-23(14-18)33-27(2,3)20-11-12-29-26(24(20)25)22(32)15-30/h7-10,13-14,16,26,29-31H,4-6,11-12,15H2,1-3H3. The average molecular weight is 454 g/mol. The van der Waals surface area contributed by atoms with E-state index < -0.39 is 18.2 Å². The second-order valence-corrected chi connectivity index (χ2v) is 9.60. The van der Waals surface area contributed by atoms with Gasteiger partial charge in [0.1, 0.15) is 29.5 Å². The number of ketones is 1. The van der Waals surface area contributed by atoms with Crippen molar-refractivity contribution >= 4 is 11.4 Å². The molecule has 2 aromatic rings. The molecule has 0 saturated carbocycles. The molecule has 0 fully saturated rings. The monoisotopic (exact) mass is 453 g/mol. The number of rotatable bonds is 7. The molecule has 0 aliphatic carbocycles. The van der Waals surface area contributed by atoms with E-state index in [0.29, 0.717) is 24.3 Å². The van der Waals surface area contributed by atoms with E-state index in [1.165, 1.54) is 12.1 Å². The fourth-order valence-electron chi connectivity index (χ4n) is 5.06. The number of aliphatic hydroxyl groups excluding tert-OH is 1. The topological polar surface area (TPSA) is 78.8 Å². The second-order valence-electron chi connectivity index (χ2n) is 9.60. The van der Waals surface area contributed by atoms with E-state index in [2.05, 4.69) is 12.2 Å². The Bertz CT molecular complexity index is 1070. The first kappa shape index (κ1) is 23.5. The molecule has 3 N–H and O–H groups in total. The van der Waals surface area contributed by atoms with E-state index in [9.17, 15) is 19.4 Å². The van der Waals surface area contributed by atoms with Gasteiger partial charge in [-0.25, -0.2) is 4.39 Å². The molecule has 6 heteroatoms. The molecule has 2 heterocycles. The van der Waals surface area contributed by atoms with Crippen molar-refractivity contribution in [3.05, 3.63) is 64.5 Å². The van der Waals surface area contributed by atoms with Gasteiger partial charge < -0.3 is 20.3 Å². The van der Waals surface area contributed by atoms with Crippen molar-refractivity contribution in [3.63, 3.8) is 0 Å². The van der Waals surface area contributed by atoms with Gasteiger partial charge in [-0.3, -0.25) is 4.79 Å². The highest BCUT2D eigenvalue weighted by molar-refractivity contribution is 6.01. The van der Waals surface area contributed by atoms with E-state index in [-0.39, 0.29) is 23.3 Å². The molecule has 0 spiro atoms. The number of hydrogen-bond acceptors (Lipinski definition) is 5. The summed E-state index contributed by atoms with van der Waals surface area (Å²) in [6.45, 7) is 6.13. The summed E-state index contributed by atoms with van der Waals surface area (Å²) in [6, 6.07) is 9.67. The molecule has 2 aromatic carbocycles. The van der Waals surface area contributed by atoms with Crippen LogP contribution >= 0.6 is 0 Å². The maximum Gasteiger partial charge on any atom is 0.179 e. The summed E-state index contributed by atoms with van der Waals surface area (Å²) in [5, 5.41) is 23.7. The first-order valence-electron chi connectivity index (χ1n) is 11.6. The number of benzene rings is 2. The predicted molar refractivity (Wildman–Crippen MR) is 126 cm³/mol. The molecule has 5 nitrogen and oxygen atoms in total. The minimum atomic E-state index is -0.662. The normalized spacial score (nSPS) is 20.0. The zero-order valence-corrected chi connectivity index (χ0v) is 19.5. The van der Waals surface area contributed by atoms with Gasteiger partial charge in [-0.1, -0.05) is 19.1 Å². The third-order valence-electron chi connectivity index (χ3n) is 6.86. The zero-order valence-electron chi connectivity index (χ0n) is 19.5. The molecular formula is C27H32FNO4. The number of carbonyl (C=O) groups is 1. The van der Waals surface area contributed by atoms with Crippen LogP contribution in [-0.4, -0.2) is 40.8 Å². The number of carbonyl (C=O) groups excluding carboxylic acids is 1. The van der Waals surface area contributed by atoms with Crippen LogP contribution in [-0.2, 0) is 11.2 Å². The van der Waals surface area contributed by atoms with Crippen LogP contribution in [0.1, 0.15) is 62.6 Å². The molecule has 176 valence electrons. The quantitative estimate of drug-likeness (QED) is 0.575. The Kier molecular flexibility index (Phi) is 6.59. The van der Waals surface area contributed by atoms with Gasteiger partial charge in [0.2, 0.25) is 0 Å². The molecular weight excluding hydrogens is 421 g/mol. The highest BCUT2D eigenvalue weighted by Gasteiger charge is 2.42. The molecule has 4 rings (SSSR count). The molecule has 0 saturated heterocycles. The number of halogens is 1. The molecule has 0 amide bonds. The Labute approximate surface area is 194 Å². The van der Waals surface area contributed by atoms with Crippen LogP contribution in [0.5, 0.6) is 11.5 Å².